The number of benzene rings is 1. The van der Waals surface area contributed by atoms with Crippen LogP contribution in [0, 0.1) is 17.8 Å². The molecule has 0 spiro atoms. The number of hydrogen-bond acceptors (Lipinski definition) is 10. The molecule has 0 heterocycles. The number of hydrogen-bond donors (Lipinski definition) is 1. The molecule has 10 nitrogen and oxygen atoms in total. The Morgan fingerprint density at radius 3 is 1.90 bits per heavy atom. The monoisotopic (exact) mass is 565 g/mol. The molecule has 1 aromatic rings. The van der Waals surface area contributed by atoms with Gasteiger partial charge < -0.3 is 29.4 Å². The van der Waals surface area contributed by atoms with Crippen LogP contribution in [0.2, 0.25) is 0 Å². The SMILES string of the molecule is CCCC(C)C(=O)Oc1ccc(C[C@](N)(CCOC(=O)OCCC(C)C)C(=O)OC)cc1OC(=O)C(C)CCC. The Bertz CT molecular complexity index is 978. The van der Waals surface area contributed by atoms with E-state index in [9.17, 15) is 19.2 Å². The molecule has 226 valence electrons. The predicted molar refractivity (Wildman–Crippen MR) is 150 cm³/mol. The summed E-state index contributed by atoms with van der Waals surface area (Å²) < 4.78 is 26.3. The van der Waals surface area contributed by atoms with E-state index in [1.807, 2.05) is 27.7 Å². The molecule has 10 heteroatoms. The van der Waals surface area contributed by atoms with Gasteiger partial charge in [-0.3, -0.25) is 14.4 Å². The molecule has 0 saturated heterocycles. The fourth-order valence-electron chi connectivity index (χ4n) is 3.91. The van der Waals surface area contributed by atoms with Gasteiger partial charge in [0.25, 0.3) is 0 Å². The highest BCUT2D eigenvalue weighted by molar-refractivity contribution is 5.81. The largest absolute Gasteiger partial charge is 0.508 e. The maximum Gasteiger partial charge on any atom is 0.508 e. The molecule has 2 N–H and O–H groups in total. The fraction of sp³-hybridized carbons (Fsp3) is 0.667. The van der Waals surface area contributed by atoms with Gasteiger partial charge in [-0.25, -0.2) is 4.79 Å². The lowest BCUT2D eigenvalue weighted by Gasteiger charge is -2.27. The van der Waals surface area contributed by atoms with Crippen LogP contribution in [0.4, 0.5) is 4.79 Å². The summed E-state index contributed by atoms with van der Waals surface area (Å²) in [5.41, 5.74) is 5.41. The average Bonchev–Trinajstić information content (AvgIpc) is 2.89. The van der Waals surface area contributed by atoms with Crippen molar-refractivity contribution in [3.05, 3.63) is 23.8 Å². The van der Waals surface area contributed by atoms with Crippen LogP contribution in [0.15, 0.2) is 18.2 Å². The number of carbonyl (C=O) groups is 4. The van der Waals surface area contributed by atoms with Gasteiger partial charge in [-0.05, 0) is 42.9 Å². The zero-order valence-corrected chi connectivity index (χ0v) is 25.1. The molecule has 0 aliphatic rings. The summed E-state index contributed by atoms with van der Waals surface area (Å²) in [7, 11) is 1.22. The van der Waals surface area contributed by atoms with Crippen molar-refractivity contribution < 1.29 is 42.9 Å². The third kappa shape index (κ3) is 11.9. The topological polar surface area (TPSA) is 140 Å². The third-order valence-corrected chi connectivity index (χ3v) is 6.47. The fourth-order valence-corrected chi connectivity index (χ4v) is 3.91. The number of carbonyl (C=O) groups excluding carboxylic acids is 4. The van der Waals surface area contributed by atoms with Crippen molar-refractivity contribution in [2.75, 3.05) is 20.3 Å². The summed E-state index contributed by atoms with van der Waals surface area (Å²) in [4.78, 5) is 49.9. The van der Waals surface area contributed by atoms with E-state index in [0.29, 0.717) is 30.7 Å². The predicted octanol–water partition coefficient (Wildman–Crippen LogP) is 5.37. The first-order valence-electron chi connectivity index (χ1n) is 14.1. The van der Waals surface area contributed by atoms with Gasteiger partial charge in [0.05, 0.1) is 32.2 Å². The summed E-state index contributed by atoms with van der Waals surface area (Å²) in [6.45, 7) is 11.6. The summed E-state index contributed by atoms with van der Waals surface area (Å²) in [5, 5.41) is 0. The highest BCUT2D eigenvalue weighted by Gasteiger charge is 2.36. The van der Waals surface area contributed by atoms with Gasteiger partial charge in [0, 0.05) is 12.8 Å². The average molecular weight is 566 g/mol. The summed E-state index contributed by atoms with van der Waals surface area (Å²) in [6, 6.07) is 4.67. The Hall–Kier alpha value is -3.14. The molecule has 0 radical (unpaired) electrons. The molecule has 0 aliphatic carbocycles. The zero-order valence-electron chi connectivity index (χ0n) is 25.1. The molecule has 1 aromatic carbocycles. The van der Waals surface area contributed by atoms with Crippen LogP contribution in [0.3, 0.4) is 0 Å². The molecule has 0 fully saturated rings. The minimum atomic E-state index is -1.56. The van der Waals surface area contributed by atoms with Crippen molar-refractivity contribution in [3.8, 4) is 11.5 Å². The first kappa shape index (κ1) is 34.9. The highest BCUT2D eigenvalue weighted by atomic mass is 16.7. The molecule has 0 amide bonds. The van der Waals surface area contributed by atoms with Gasteiger partial charge in [-0.2, -0.15) is 0 Å². The molecule has 1 rings (SSSR count). The molecule has 2 unspecified atom stereocenters. The molecule has 3 atom stereocenters. The Kier molecular flexibility index (Phi) is 15.3. The molecule has 0 aromatic heterocycles. The lowest BCUT2D eigenvalue weighted by molar-refractivity contribution is -0.148. The smallest absolute Gasteiger partial charge is 0.468 e. The second-order valence-electron chi connectivity index (χ2n) is 10.7. The van der Waals surface area contributed by atoms with E-state index in [1.165, 1.54) is 19.2 Å². The van der Waals surface area contributed by atoms with E-state index in [1.54, 1.807) is 19.9 Å². The van der Waals surface area contributed by atoms with Gasteiger partial charge in [-0.1, -0.05) is 60.5 Å². The number of ether oxygens (including phenoxy) is 5. The second kappa shape index (κ2) is 17.5. The number of methoxy groups -OCH3 is 1. The summed E-state index contributed by atoms with van der Waals surface area (Å²) >= 11 is 0. The number of esters is 3. The van der Waals surface area contributed by atoms with Gasteiger partial charge in [-0.15, -0.1) is 0 Å². The van der Waals surface area contributed by atoms with E-state index >= 15 is 0 Å². The van der Waals surface area contributed by atoms with E-state index in [4.69, 9.17) is 29.4 Å². The standard InChI is InChI=1S/C30H47NO9/c1-8-10-21(5)26(32)39-24-13-12-23(18-25(24)40-27(33)22(6)11-9-2)19-30(31,28(34)36-7)15-17-38-29(35)37-16-14-20(3)4/h12-13,18,20-22H,8-11,14-17,19,31H2,1-7H3/t21?,22?,30-/m1/s1. The van der Waals surface area contributed by atoms with Gasteiger partial charge in [0.15, 0.2) is 11.5 Å². The van der Waals surface area contributed by atoms with Crippen LogP contribution >= 0.6 is 0 Å². The minimum Gasteiger partial charge on any atom is -0.468 e. The normalized spacial score (nSPS) is 14.0. The van der Waals surface area contributed by atoms with Crippen LogP contribution in [0.5, 0.6) is 11.5 Å². The van der Waals surface area contributed by atoms with Gasteiger partial charge >= 0.3 is 24.1 Å². The van der Waals surface area contributed by atoms with Crippen LogP contribution < -0.4 is 15.2 Å². The highest BCUT2D eigenvalue weighted by Crippen LogP contribution is 2.32. The van der Waals surface area contributed by atoms with Gasteiger partial charge in [0.1, 0.15) is 5.54 Å². The number of rotatable bonds is 17. The minimum absolute atomic E-state index is 0.0268. The maximum atomic E-state index is 12.7. The first-order chi connectivity index (χ1) is 18.9. The van der Waals surface area contributed by atoms with Crippen molar-refractivity contribution in [3.63, 3.8) is 0 Å². The van der Waals surface area contributed by atoms with Crippen molar-refractivity contribution in [2.45, 2.75) is 92.0 Å². The molecular formula is C30H47NO9. The molecular weight excluding hydrogens is 518 g/mol. The van der Waals surface area contributed by atoms with E-state index in [0.717, 1.165) is 12.8 Å². The van der Waals surface area contributed by atoms with Crippen LogP contribution in [0.1, 0.15) is 85.6 Å². The Labute approximate surface area is 238 Å². The number of nitrogens with two attached hydrogens (primary N) is 1. The van der Waals surface area contributed by atoms with E-state index in [2.05, 4.69) is 0 Å². The Morgan fingerprint density at radius 1 is 0.825 bits per heavy atom. The van der Waals surface area contributed by atoms with Crippen LogP contribution in [0.25, 0.3) is 0 Å². The van der Waals surface area contributed by atoms with Crippen LogP contribution in [-0.4, -0.2) is 49.9 Å². The van der Waals surface area contributed by atoms with Gasteiger partial charge in [0.2, 0.25) is 0 Å². The summed E-state index contributed by atoms with van der Waals surface area (Å²) in [5.74, 6) is -1.78. The molecule has 0 saturated carbocycles. The molecule has 0 aliphatic heterocycles. The van der Waals surface area contributed by atoms with Crippen molar-refractivity contribution in [1.29, 1.82) is 0 Å². The lowest BCUT2D eigenvalue weighted by atomic mass is 9.88. The second-order valence-corrected chi connectivity index (χ2v) is 10.7. The van der Waals surface area contributed by atoms with Crippen LogP contribution in [-0.2, 0) is 35.0 Å². The maximum absolute atomic E-state index is 12.7. The van der Waals surface area contributed by atoms with Crippen molar-refractivity contribution in [1.82, 2.24) is 0 Å². The van der Waals surface area contributed by atoms with Crippen molar-refractivity contribution >= 4 is 24.1 Å². The molecule has 0 bridgehead atoms. The first-order valence-corrected chi connectivity index (χ1v) is 14.1. The zero-order chi connectivity index (χ0) is 30.3. The molecule has 40 heavy (non-hydrogen) atoms. The van der Waals surface area contributed by atoms with E-state index < -0.39 is 29.6 Å². The quantitative estimate of drug-likeness (QED) is 0.193. The van der Waals surface area contributed by atoms with E-state index in [-0.39, 0.29) is 49.4 Å². The Morgan fingerprint density at radius 2 is 1.38 bits per heavy atom. The van der Waals surface area contributed by atoms with Crippen molar-refractivity contribution in [2.24, 2.45) is 23.5 Å². The third-order valence-electron chi connectivity index (χ3n) is 6.47. The Balaban J connectivity index is 3.14. The lowest BCUT2D eigenvalue weighted by Crippen LogP contribution is -2.51. The summed E-state index contributed by atoms with van der Waals surface area (Å²) in [6.07, 6.45) is 2.69.